The Morgan fingerprint density at radius 2 is 2.17 bits per heavy atom. The highest BCUT2D eigenvalue weighted by Gasteiger charge is 2.03. The Balaban J connectivity index is 2.81. The third kappa shape index (κ3) is 3.83. The summed E-state index contributed by atoms with van der Waals surface area (Å²) in [7, 11) is 3.09. The first-order chi connectivity index (χ1) is 8.71. The van der Waals surface area contributed by atoms with Gasteiger partial charge in [0.25, 0.3) is 0 Å². The van der Waals surface area contributed by atoms with Crippen LogP contribution in [0.2, 0.25) is 0 Å². The first-order valence-corrected chi connectivity index (χ1v) is 5.15. The summed E-state index contributed by atoms with van der Waals surface area (Å²) >= 11 is 0. The molecule has 0 aliphatic heterocycles. The van der Waals surface area contributed by atoms with Gasteiger partial charge in [-0.15, -0.1) is 0 Å². The van der Waals surface area contributed by atoms with E-state index in [9.17, 15) is 4.79 Å². The van der Waals surface area contributed by atoms with Gasteiger partial charge in [-0.3, -0.25) is 0 Å². The second-order valence-electron chi connectivity index (χ2n) is 3.21. The third-order valence-electron chi connectivity index (χ3n) is 2.12. The number of rotatable bonds is 5. The second-order valence-corrected chi connectivity index (χ2v) is 3.21. The van der Waals surface area contributed by atoms with Crippen LogP contribution in [0, 0.1) is 11.3 Å². The molecular formula is C13H13NO4. The zero-order chi connectivity index (χ0) is 13.4. The summed E-state index contributed by atoms with van der Waals surface area (Å²) in [5.41, 5.74) is 0.715. The number of hydrogen-bond acceptors (Lipinski definition) is 5. The molecule has 0 aliphatic rings. The number of methoxy groups -OCH3 is 2. The SMILES string of the molecule is COc1ccc(/C=C/C(=O)OCC#N)c(OC)c1. The lowest BCUT2D eigenvalue weighted by atomic mass is 10.2. The van der Waals surface area contributed by atoms with Gasteiger partial charge in [-0.05, 0) is 18.2 Å². The molecule has 1 aromatic rings. The number of benzene rings is 1. The third-order valence-corrected chi connectivity index (χ3v) is 2.12. The van der Waals surface area contributed by atoms with Crippen molar-refractivity contribution in [3.63, 3.8) is 0 Å². The van der Waals surface area contributed by atoms with Crippen LogP contribution in [0.3, 0.4) is 0 Å². The molecule has 0 unspecified atom stereocenters. The van der Waals surface area contributed by atoms with E-state index in [1.807, 2.05) is 0 Å². The molecule has 0 aliphatic carbocycles. The van der Waals surface area contributed by atoms with Crippen LogP contribution in [-0.2, 0) is 9.53 Å². The molecule has 0 aromatic heterocycles. The molecule has 0 radical (unpaired) electrons. The van der Waals surface area contributed by atoms with Gasteiger partial charge in [0.15, 0.2) is 6.61 Å². The first kappa shape index (κ1) is 13.6. The van der Waals surface area contributed by atoms with Crippen LogP contribution in [0.5, 0.6) is 11.5 Å². The van der Waals surface area contributed by atoms with Gasteiger partial charge in [0.2, 0.25) is 0 Å². The van der Waals surface area contributed by atoms with E-state index in [0.717, 1.165) is 0 Å². The number of carbonyl (C=O) groups excluding carboxylic acids is 1. The molecule has 18 heavy (non-hydrogen) atoms. The lowest BCUT2D eigenvalue weighted by Gasteiger charge is -2.07. The lowest BCUT2D eigenvalue weighted by Crippen LogP contribution is -2.00. The fourth-order valence-electron chi connectivity index (χ4n) is 1.27. The highest BCUT2D eigenvalue weighted by atomic mass is 16.5. The average Bonchev–Trinajstić information content (AvgIpc) is 2.42. The van der Waals surface area contributed by atoms with E-state index in [1.165, 1.54) is 13.2 Å². The summed E-state index contributed by atoms with van der Waals surface area (Å²) in [6.07, 6.45) is 2.79. The minimum Gasteiger partial charge on any atom is -0.497 e. The molecular weight excluding hydrogens is 234 g/mol. The van der Waals surface area contributed by atoms with Crippen molar-refractivity contribution in [2.45, 2.75) is 0 Å². The summed E-state index contributed by atoms with van der Waals surface area (Å²) in [6, 6.07) is 6.93. The summed E-state index contributed by atoms with van der Waals surface area (Å²) in [6.45, 7) is -0.261. The summed E-state index contributed by atoms with van der Waals surface area (Å²) in [5, 5.41) is 8.26. The maximum Gasteiger partial charge on any atom is 0.331 e. The van der Waals surface area contributed by atoms with E-state index >= 15 is 0 Å². The Morgan fingerprint density at radius 1 is 1.39 bits per heavy atom. The molecule has 5 heteroatoms. The number of ether oxygens (including phenoxy) is 3. The Hall–Kier alpha value is -2.48. The molecule has 0 fully saturated rings. The molecule has 94 valence electrons. The Morgan fingerprint density at radius 3 is 2.78 bits per heavy atom. The smallest absolute Gasteiger partial charge is 0.331 e. The van der Waals surface area contributed by atoms with Gasteiger partial charge in [-0.25, -0.2) is 4.79 Å². The minimum absolute atomic E-state index is 0.261. The normalized spacial score (nSPS) is 9.83. The summed E-state index contributed by atoms with van der Waals surface area (Å²) in [5.74, 6) is 0.671. The van der Waals surface area contributed by atoms with Crippen LogP contribution in [-0.4, -0.2) is 26.8 Å². The Kier molecular flexibility index (Phi) is 5.26. The van der Waals surface area contributed by atoms with Crippen molar-refractivity contribution in [3.8, 4) is 17.6 Å². The number of nitriles is 1. The average molecular weight is 247 g/mol. The Bertz CT molecular complexity index is 488. The Labute approximate surface area is 105 Å². The molecule has 1 rings (SSSR count). The highest BCUT2D eigenvalue weighted by Crippen LogP contribution is 2.25. The van der Waals surface area contributed by atoms with Crippen LogP contribution in [0.1, 0.15) is 5.56 Å². The predicted octanol–water partition coefficient (Wildman–Crippen LogP) is 1.78. The zero-order valence-corrected chi connectivity index (χ0v) is 10.2. The van der Waals surface area contributed by atoms with E-state index in [0.29, 0.717) is 17.1 Å². The van der Waals surface area contributed by atoms with Crippen molar-refractivity contribution in [3.05, 3.63) is 29.8 Å². The topological polar surface area (TPSA) is 68.5 Å². The summed E-state index contributed by atoms with van der Waals surface area (Å²) in [4.78, 5) is 11.2. The van der Waals surface area contributed by atoms with Gasteiger partial charge in [0, 0.05) is 17.7 Å². The van der Waals surface area contributed by atoms with Gasteiger partial charge in [-0.1, -0.05) is 0 Å². The van der Waals surface area contributed by atoms with Crippen LogP contribution >= 0.6 is 0 Å². The van der Waals surface area contributed by atoms with Gasteiger partial charge < -0.3 is 14.2 Å². The number of hydrogen-bond donors (Lipinski definition) is 0. The zero-order valence-electron chi connectivity index (χ0n) is 10.2. The molecule has 0 saturated heterocycles. The van der Waals surface area contributed by atoms with E-state index in [-0.39, 0.29) is 6.61 Å². The van der Waals surface area contributed by atoms with Crippen molar-refractivity contribution in [1.29, 1.82) is 5.26 Å². The van der Waals surface area contributed by atoms with Crippen LogP contribution in [0.4, 0.5) is 0 Å². The van der Waals surface area contributed by atoms with Crippen LogP contribution < -0.4 is 9.47 Å². The number of esters is 1. The maximum absolute atomic E-state index is 11.2. The van der Waals surface area contributed by atoms with E-state index in [4.69, 9.17) is 14.7 Å². The standard InChI is InChI=1S/C13H13NO4/c1-16-11-5-3-10(12(9-11)17-2)4-6-13(15)18-8-7-14/h3-6,9H,8H2,1-2H3/b6-4+. The predicted molar refractivity (Wildman–Crippen MR) is 65.2 cm³/mol. The fourth-order valence-corrected chi connectivity index (χ4v) is 1.27. The first-order valence-electron chi connectivity index (χ1n) is 5.15. The van der Waals surface area contributed by atoms with E-state index in [1.54, 1.807) is 37.5 Å². The summed E-state index contributed by atoms with van der Waals surface area (Å²) < 4.78 is 14.8. The molecule has 0 atom stereocenters. The molecule has 0 heterocycles. The number of nitrogens with zero attached hydrogens (tertiary/aromatic N) is 1. The molecule has 0 spiro atoms. The van der Waals surface area contributed by atoms with Gasteiger partial charge >= 0.3 is 5.97 Å². The molecule has 0 bridgehead atoms. The van der Waals surface area contributed by atoms with Crippen molar-refractivity contribution in [1.82, 2.24) is 0 Å². The van der Waals surface area contributed by atoms with Gasteiger partial charge in [0.1, 0.15) is 17.6 Å². The largest absolute Gasteiger partial charge is 0.497 e. The lowest BCUT2D eigenvalue weighted by molar-refractivity contribution is -0.136. The van der Waals surface area contributed by atoms with Gasteiger partial charge in [-0.2, -0.15) is 5.26 Å². The quantitative estimate of drug-likeness (QED) is 0.586. The molecule has 1 aromatic carbocycles. The highest BCUT2D eigenvalue weighted by molar-refractivity contribution is 5.87. The minimum atomic E-state index is -0.575. The van der Waals surface area contributed by atoms with Crippen LogP contribution in [0.25, 0.3) is 6.08 Å². The van der Waals surface area contributed by atoms with E-state index in [2.05, 4.69) is 4.74 Å². The monoisotopic (exact) mass is 247 g/mol. The van der Waals surface area contributed by atoms with Crippen molar-refractivity contribution >= 4 is 12.0 Å². The molecule has 0 saturated carbocycles. The number of carbonyl (C=O) groups is 1. The molecule has 5 nitrogen and oxygen atoms in total. The molecule has 0 N–H and O–H groups in total. The fraction of sp³-hybridized carbons (Fsp3) is 0.231. The van der Waals surface area contributed by atoms with Gasteiger partial charge in [0.05, 0.1) is 14.2 Å². The second kappa shape index (κ2) is 6.97. The van der Waals surface area contributed by atoms with Crippen molar-refractivity contribution in [2.24, 2.45) is 0 Å². The van der Waals surface area contributed by atoms with E-state index < -0.39 is 5.97 Å². The van der Waals surface area contributed by atoms with Crippen molar-refractivity contribution in [2.75, 3.05) is 20.8 Å². The van der Waals surface area contributed by atoms with Crippen LogP contribution in [0.15, 0.2) is 24.3 Å². The maximum atomic E-state index is 11.2. The van der Waals surface area contributed by atoms with Crippen molar-refractivity contribution < 1.29 is 19.0 Å². The molecule has 0 amide bonds.